The zero-order valence-corrected chi connectivity index (χ0v) is 19.4. The van der Waals surface area contributed by atoms with Gasteiger partial charge in [0.15, 0.2) is 0 Å². The molecule has 0 aromatic heterocycles. The SMILES string of the molecule is O=C(Cc1cccc(C(F)(F)F)c1)N/N=C\c1cccc(OS(=O)(=O)c2ccc3ccccc3c2)c1. The average molecular weight is 513 g/mol. The Kier molecular flexibility index (Phi) is 7.07. The van der Waals surface area contributed by atoms with Crippen LogP contribution in [0.5, 0.6) is 5.75 Å². The number of hydrazone groups is 1. The van der Waals surface area contributed by atoms with Gasteiger partial charge in [-0.2, -0.15) is 26.7 Å². The summed E-state index contributed by atoms with van der Waals surface area (Å²) in [5.41, 5.74) is 2.02. The molecule has 0 unspecified atom stereocenters. The van der Waals surface area contributed by atoms with Crippen molar-refractivity contribution >= 4 is 33.0 Å². The third-order valence-electron chi connectivity index (χ3n) is 5.10. The molecule has 36 heavy (non-hydrogen) atoms. The largest absolute Gasteiger partial charge is 0.416 e. The highest BCUT2D eigenvalue weighted by molar-refractivity contribution is 7.87. The maximum atomic E-state index is 12.8. The van der Waals surface area contributed by atoms with E-state index in [9.17, 15) is 26.4 Å². The lowest BCUT2D eigenvalue weighted by molar-refractivity contribution is -0.137. The second kappa shape index (κ2) is 10.2. The lowest BCUT2D eigenvalue weighted by Gasteiger charge is -2.09. The van der Waals surface area contributed by atoms with E-state index < -0.39 is 27.8 Å². The molecule has 0 bridgehead atoms. The van der Waals surface area contributed by atoms with Crippen LogP contribution in [0.25, 0.3) is 10.8 Å². The summed E-state index contributed by atoms with van der Waals surface area (Å²) in [5, 5.41) is 5.43. The molecule has 0 fully saturated rings. The van der Waals surface area contributed by atoms with Gasteiger partial charge in [0.05, 0.1) is 18.2 Å². The lowest BCUT2D eigenvalue weighted by atomic mass is 10.1. The summed E-state index contributed by atoms with van der Waals surface area (Å²) in [7, 11) is -4.10. The number of carbonyl (C=O) groups excluding carboxylic acids is 1. The van der Waals surface area contributed by atoms with Gasteiger partial charge in [-0.15, -0.1) is 0 Å². The molecule has 0 aliphatic heterocycles. The minimum atomic E-state index is -4.50. The molecule has 0 saturated heterocycles. The summed E-state index contributed by atoms with van der Waals surface area (Å²) < 4.78 is 69.2. The van der Waals surface area contributed by atoms with E-state index in [-0.39, 0.29) is 22.6 Å². The van der Waals surface area contributed by atoms with E-state index in [0.717, 1.165) is 22.9 Å². The van der Waals surface area contributed by atoms with Gasteiger partial charge in [-0.1, -0.05) is 60.7 Å². The fourth-order valence-corrected chi connectivity index (χ4v) is 4.37. The molecule has 184 valence electrons. The Morgan fingerprint density at radius 2 is 1.64 bits per heavy atom. The van der Waals surface area contributed by atoms with Crippen LogP contribution in [-0.2, 0) is 27.5 Å². The number of amides is 1. The summed E-state index contributed by atoms with van der Waals surface area (Å²) in [6.45, 7) is 0. The molecule has 0 aliphatic carbocycles. The highest BCUT2D eigenvalue weighted by atomic mass is 32.2. The summed E-state index contributed by atoms with van der Waals surface area (Å²) >= 11 is 0. The molecule has 1 amide bonds. The Balaban J connectivity index is 1.40. The Bertz CT molecular complexity index is 1550. The summed E-state index contributed by atoms with van der Waals surface area (Å²) in [6, 6.07) is 22.5. The Labute approximate surface area is 205 Å². The molecule has 4 rings (SSSR count). The van der Waals surface area contributed by atoms with Gasteiger partial charge in [0.2, 0.25) is 5.91 Å². The van der Waals surface area contributed by atoms with E-state index in [1.165, 1.54) is 42.6 Å². The van der Waals surface area contributed by atoms with Crippen molar-refractivity contribution in [2.45, 2.75) is 17.5 Å². The molecular weight excluding hydrogens is 493 g/mol. The lowest BCUT2D eigenvalue weighted by Crippen LogP contribution is -2.20. The number of nitrogens with zero attached hydrogens (tertiary/aromatic N) is 1. The van der Waals surface area contributed by atoms with Crippen LogP contribution < -0.4 is 9.61 Å². The van der Waals surface area contributed by atoms with Crippen LogP contribution in [0.4, 0.5) is 13.2 Å². The molecule has 6 nitrogen and oxygen atoms in total. The first-order valence-electron chi connectivity index (χ1n) is 10.6. The Hall–Kier alpha value is -4.18. The van der Waals surface area contributed by atoms with E-state index in [1.807, 2.05) is 12.1 Å². The third kappa shape index (κ3) is 6.28. The number of carbonyl (C=O) groups is 1. The zero-order valence-electron chi connectivity index (χ0n) is 18.6. The first kappa shape index (κ1) is 24.9. The third-order valence-corrected chi connectivity index (χ3v) is 6.34. The molecular formula is C26H19F3N2O4S. The zero-order chi connectivity index (χ0) is 25.8. The van der Waals surface area contributed by atoms with Crippen molar-refractivity contribution in [1.82, 2.24) is 5.43 Å². The number of benzene rings is 4. The molecule has 0 atom stereocenters. The van der Waals surface area contributed by atoms with Gasteiger partial charge in [0.25, 0.3) is 0 Å². The van der Waals surface area contributed by atoms with Gasteiger partial charge < -0.3 is 4.18 Å². The molecule has 0 heterocycles. The van der Waals surface area contributed by atoms with Crippen LogP contribution in [0.3, 0.4) is 0 Å². The molecule has 4 aromatic rings. The summed E-state index contributed by atoms with van der Waals surface area (Å²) in [4.78, 5) is 12.1. The van der Waals surface area contributed by atoms with Crippen LogP contribution in [0.1, 0.15) is 16.7 Å². The first-order valence-corrected chi connectivity index (χ1v) is 12.0. The summed E-state index contributed by atoms with van der Waals surface area (Å²) in [5.74, 6) is -0.570. The van der Waals surface area contributed by atoms with Crippen molar-refractivity contribution in [3.8, 4) is 5.75 Å². The quantitative estimate of drug-likeness (QED) is 0.206. The van der Waals surface area contributed by atoms with Crippen LogP contribution in [-0.4, -0.2) is 20.5 Å². The normalized spacial score (nSPS) is 12.1. The number of nitrogens with one attached hydrogen (secondary N) is 1. The highest BCUT2D eigenvalue weighted by Gasteiger charge is 2.30. The van der Waals surface area contributed by atoms with E-state index in [0.29, 0.717) is 5.56 Å². The monoisotopic (exact) mass is 512 g/mol. The standard InChI is InChI=1S/C26H19F3N2O4S/c27-26(28,29)22-9-3-5-18(13-22)15-25(32)31-30-17-19-6-4-10-23(14-19)35-36(33,34)24-12-11-20-7-1-2-8-21(20)16-24/h1-14,16-17H,15H2,(H,31,32)/b30-17-. The van der Waals surface area contributed by atoms with Crippen molar-refractivity contribution in [1.29, 1.82) is 0 Å². The topological polar surface area (TPSA) is 84.8 Å². The fraction of sp³-hybridized carbons (Fsp3) is 0.0769. The second-order valence-corrected chi connectivity index (χ2v) is 9.33. The fourth-order valence-electron chi connectivity index (χ4n) is 3.41. The van der Waals surface area contributed by atoms with Crippen molar-refractivity contribution < 1.29 is 30.6 Å². The molecule has 10 heteroatoms. The second-order valence-electron chi connectivity index (χ2n) is 7.79. The van der Waals surface area contributed by atoms with E-state index in [1.54, 1.807) is 30.3 Å². The number of halogens is 3. The number of fused-ring (bicyclic) bond motifs is 1. The van der Waals surface area contributed by atoms with Gasteiger partial charge in [-0.05, 0) is 52.2 Å². The van der Waals surface area contributed by atoms with Crippen molar-refractivity contribution in [3.63, 3.8) is 0 Å². The van der Waals surface area contributed by atoms with Gasteiger partial charge in [0.1, 0.15) is 10.6 Å². The van der Waals surface area contributed by atoms with E-state index in [4.69, 9.17) is 4.18 Å². The highest BCUT2D eigenvalue weighted by Crippen LogP contribution is 2.29. The van der Waals surface area contributed by atoms with Crippen LogP contribution in [0, 0.1) is 0 Å². The summed E-state index contributed by atoms with van der Waals surface area (Å²) in [6.07, 6.45) is -3.53. The Morgan fingerprint density at radius 3 is 2.42 bits per heavy atom. The Morgan fingerprint density at radius 1 is 0.889 bits per heavy atom. The maximum absolute atomic E-state index is 12.8. The van der Waals surface area contributed by atoms with Crippen molar-refractivity contribution in [2.24, 2.45) is 5.10 Å². The maximum Gasteiger partial charge on any atom is 0.416 e. The molecule has 0 radical (unpaired) electrons. The minimum absolute atomic E-state index is 0.00197. The van der Waals surface area contributed by atoms with Crippen LogP contribution >= 0.6 is 0 Å². The number of hydrogen-bond acceptors (Lipinski definition) is 5. The van der Waals surface area contributed by atoms with Crippen LogP contribution in [0.15, 0.2) is 101 Å². The predicted octanol–water partition coefficient (Wildman–Crippen LogP) is 5.32. The molecule has 4 aromatic carbocycles. The average Bonchev–Trinajstić information content (AvgIpc) is 2.83. The van der Waals surface area contributed by atoms with E-state index >= 15 is 0 Å². The minimum Gasteiger partial charge on any atom is -0.379 e. The van der Waals surface area contributed by atoms with Crippen molar-refractivity contribution in [2.75, 3.05) is 0 Å². The predicted molar refractivity (Wildman–Crippen MR) is 129 cm³/mol. The molecule has 0 saturated carbocycles. The first-order chi connectivity index (χ1) is 17.1. The number of rotatable bonds is 7. The van der Waals surface area contributed by atoms with Crippen molar-refractivity contribution in [3.05, 3.63) is 108 Å². The van der Waals surface area contributed by atoms with E-state index in [2.05, 4.69) is 10.5 Å². The van der Waals surface area contributed by atoms with Crippen LogP contribution in [0.2, 0.25) is 0 Å². The molecule has 1 N–H and O–H groups in total. The molecule has 0 spiro atoms. The smallest absolute Gasteiger partial charge is 0.379 e. The van der Waals surface area contributed by atoms with Gasteiger partial charge in [-0.3, -0.25) is 4.79 Å². The molecule has 0 aliphatic rings. The van der Waals surface area contributed by atoms with Gasteiger partial charge in [-0.25, -0.2) is 5.43 Å². The van der Waals surface area contributed by atoms with Gasteiger partial charge >= 0.3 is 16.3 Å². The number of alkyl halides is 3. The number of hydrogen-bond donors (Lipinski definition) is 1. The van der Waals surface area contributed by atoms with Gasteiger partial charge in [0, 0.05) is 0 Å².